The Hall–Kier alpha value is -1.17. The van der Waals surface area contributed by atoms with Crippen molar-refractivity contribution in [2.24, 2.45) is 0 Å². The standard InChI is InChI=1S/C55H107NO4/c1-3-5-7-9-11-13-15-17-19-21-23-25-26-27-29-31-33-35-37-39-41-43-45-47-49-54(59)53(51-57)56-55(60)50-52(58)48-46-44-42-40-38-36-34-32-30-28-24-22-20-18-16-14-12-10-8-6-4-2/h24,28,32,34,52-54,57-59H,3-23,25-27,29-31,33,35-51H2,1-2H3,(H,56,60)/b28-24-,34-32-. The summed E-state index contributed by atoms with van der Waals surface area (Å²) in [4.78, 5) is 12.5. The van der Waals surface area contributed by atoms with Gasteiger partial charge in [-0.05, 0) is 44.9 Å². The van der Waals surface area contributed by atoms with Crippen molar-refractivity contribution >= 4 is 5.91 Å². The monoisotopic (exact) mass is 846 g/mol. The number of unbranched alkanes of at least 4 members (excludes halogenated alkanes) is 37. The molecule has 1 amide bonds. The molecule has 0 aromatic rings. The molecule has 0 aliphatic heterocycles. The van der Waals surface area contributed by atoms with Crippen LogP contribution >= 0.6 is 0 Å². The summed E-state index contributed by atoms with van der Waals surface area (Å²) in [6, 6.07) is -0.663. The summed E-state index contributed by atoms with van der Waals surface area (Å²) in [5.41, 5.74) is 0. The number of nitrogens with one attached hydrogen (secondary N) is 1. The van der Waals surface area contributed by atoms with Crippen LogP contribution in [0.3, 0.4) is 0 Å². The first kappa shape index (κ1) is 58.8. The van der Waals surface area contributed by atoms with Crippen LogP contribution in [0.4, 0.5) is 0 Å². The molecule has 3 unspecified atom stereocenters. The Morgan fingerprint density at radius 3 is 1.05 bits per heavy atom. The number of rotatable bonds is 50. The minimum atomic E-state index is -0.753. The molecular weight excluding hydrogens is 739 g/mol. The molecule has 0 bridgehead atoms. The van der Waals surface area contributed by atoms with Gasteiger partial charge in [0.15, 0.2) is 0 Å². The van der Waals surface area contributed by atoms with Crippen molar-refractivity contribution in [3.05, 3.63) is 24.3 Å². The number of aliphatic hydroxyl groups is 3. The van der Waals surface area contributed by atoms with E-state index in [1.165, 1.54) is 218 Å². The number of carbonyl (C=O) groups excluding carboxylic acids is 1. The summed E-state index contributed by atoms with van der Waals surface area (Å²) in [5.74, 6) is -0.287. The topological polar surface area (TPSA) is 89.8 Å². The summed E-state index contributed by atoms with van der Waals surface area (Å²) in [5, 5.41) is 33.6. The first-order chi connectivity index (χ1) is 29.5. The average Bonchev–Trinajstić information content (AvgIpc) is 3.24. The van der Waals surface area contributed by atoms with Crippen molar-refractivity contribution in [1.29, 1.82) is 0 Å². The number of hydrogen-bond acceptors (Lipinski definition) is 4. The third kappa shape index (κ3) is 46.3. The van der Waals surface area contributed by atoms with E-state index < -0.39 is 18.2 Å². The van der Waals surface area contributed by atoms with Gasteiger partial charge in [0.2, 0.25) is 5.91 Å². The van der Waals surface area contributed by atoms with Gasteiger partial charge >= 0.3 is 0 Å². The summed E-state index contributed by atoms with van der Waals surface area (Å²) in [7, 11) is 0. The number of allylic oxidation sites excluding steroid dienone is 4. The summed E-state index contributed by atoms with van der Waals surface area (Å²) in [6.45, 7) is 4.29. The maximum atomic E-state index is 12.5. The van der Waals surface area contributed by atoms with Crippen molar-refractivity contribution in [2.75, 3.05) is 6.61 Å². The zero-order chi connectivity index (χ0) is 43.7. The van der Waals surface area contributed by atoms with Gasteiger partial charge in [-0.3, -0.25) is 4.79 Å². The minimum absolute atomic E-state index is 0.0289. The van der Waals surface area contributed by atoms with Gasteiger partial charge in [0, 0.05) is 0 Å². The first-order valence-electron chi connectivity index (χ1n) is 27.1. The quantitative estimate of drug-likeness (QED) is 0.0363. The lowest BCUT2D eigenvalue weighted by molar-refractivity contribution is -0.125. The van der Waals surface area contributed by atoms with E-state index in [1.807, 2.05) is 0 Å². The molecule has 0 aromatic heterocycles. The fraction of sp³-hybridized carbons (Fsp3) is 0.909. The van der Waals surface area contributed by atoms with Gasteiger partial charge in [0.05, 0.1) is 31.3 Å². The molecule has 0 saturated carbocycles. The zero-order valence-electron chi connectivity index (χ0n) is 40.6. The molecular formula is C55H107NO4. The van der Waals surface area contributed by atoms with Crippen LogP contribution in [0.2, 0.25) is 0 Å². The largest absolute Gasteiger partial charge is 0.394 e. The lowest BCUT2D eigenvalue weighted by atomic mass is 10.0. The average molecular weight is 846 g/mol. The molecule has 5 heteroatoms. The van der Waals surface area contributed by atoms with Crippen LogP contribution in [-0.4, -0.2) is 46.1 Å². The lowest BCUT2D eigenvalue weighted by Crippen LogP contribution is -2.46. The van der Waals surface area contributed by atoms with Crippen molar-refractivity contribution in [2.45, 2.75) is 315 Å². The highest BCUT2D eigenvalue weighted by Gasteiger charge is 2.21. The zero-order valence-corrected chi connectivity index (χ0v) is 40.6. The van der Waals surface area contributed by atoms with E-state index >= 15 is 0 Å². The van der Waals surface area contributed by atoms with Gasteiger partial charge in [-0.1, -0.05) is 269 Å². The Labute approximate surface area is 375 Å². The fourth-order valence-electron chi connectivity index (χ4n) is 8.61. The lowest BCUT2D eigenvalue weighted by Gasteiger charge is -2.23. The second-order valence-corrected chi connectivity index (χ2v) is 18.8. The normalized spacial score (nSPS) is 13.5. The minimum Gasteiger partial charge on any atom is -0.394 e. The summed E-state index contributed by atoms with van der Waals surface area (Å²) in [6.07, 6.45) is 63.2. The highest BCUT2D eigenvalue weighted by atomic mass is 16.3. The Bertz CT molecular complexity index is 890. The van der Waals surface area contributed by atoms with Crippen LogP contribution < -0.4 is 5.32 Å². The van der Waals surface area contributed by atoms with Gasteiger partial charge in [-0.2, -0.15) is 0 Å². The number of carbonyl (C=O) groups is 1. The maximum absolute atomic E-state index is 12.5. The van der Waals surface area contributed by atoms with E-state index in [0.717, 1.165) is 44.9 Å². The molecule has 0 aliphatic carbocycles. The second-order valence-electron chi connectivity index (χ2n) is 18.8. The van der Waals surface area contributed by atoms with E-state index in [-0.39, 0.29) is 18.9 Å². The number of amides is 1. The second kappa shape index (κ2) is 50.5. The van der Waals surface area contributed by atoms with E-state index in [2.05, 4.69) is 43.5 Å². The molecule has 3 atom stereocenters. The third-order valence-corrected chi connectivity index (χ3v) is 12.8. The van der Waals surface area contributed by atoms with Crippen LogP contribution in [0.1, 0.15) is 296 Å². The van der Waals surface area contributed by atoms with Crippen LogP contribution in [0.15, 0.2) is 24.3 Å². The van der Waals surface area contributed by atoms with E-state index in [4.69, 9.17) is 0 Å². The Morgan fingerprint density at radius 2 is 0.717 bits per heavy atom. The van der Waals surface area contributed by atoms with Gasteiger partial charge < -0.3 is 20.6 Å². The smallest absolute Gasteiger partial charge is 0.222 e. The SMILES string of the molecule is CCCCCCCCCCC/C=C\C/C=C\CCCCCCCC(O)CC(=O)NC(CO)C(O)CCCCCCCCCCCCCCCCCCCCCCCCCC. The molecule has 356 valence electrons. The molecule has 0 rings (SSSR count). The number of aliphatic hydroxyl groups excluding tert-OH is 3. The van der Waals surface area contributed by atoms with E-state index in [0.29, 0.717) is 12.8 Å². The Balaban J connectivity index is 3.56. The first-order valence-corrected chi connectivity index (χ1v) is 27.1. The molecule has 0 saturated heterocycles. The highest BCUT2D eigenvalue weighted by molar-refractivity contribution is 5.76. The summed E-state index contributed by atoms with van der Waals surface area (Å²) < 4.78 is 0. The van der Waals surface area contributed by atoms with Gasteiger partial charge in [0.25, 0.3) is 0 Å². The molecule has 0 fully saturated rings. The molecule has 0 aromatic carbocycles. The molecule has 0 heterocycles. The maximum Gasteiger partial charge on any atom is 0.222 e. The van der Waals surface area contributed by atoms with Crippen LogP contribution in [0.25, 0.3) is 0 Å². The molecule has 0 aliphatic rings. The molecule has 4 N–H and O–H groups in total. The molecule has 5 nitrogen and oxygen atoms in total. The number of hydrogen-bond donors (Lipinski definition) is 4. The predicted octanol–water partition coefficient (Wildman–Crippen LogP) is 16.5. The molecule has 0 spiro atoms. The highest BCUT2D eigenvalue weighted by Crippen LogP contribution is 2.17. The van der Waals surface area contributed by atoms with Crippen molar-refractivity contribution in [1.82, 2.24) is 5.32 Å². The summed E-state index contributed by atoms with van der Waals surface area (Å²) >= 11 is 0. The third-order valence-electron chi connectivity index (χ3n) is 12.8. The molecule has 0 radical (unpaired) electrons. The van der Waals surface area contributed by atoms with Crippen LogP contribution in [0, 0.1) is 0 Å². The van der Waals surface area contributed by atoms with Crippen molar-refractivity contribution in [3.8, 4) is 0 Å². The van der Waals surface area contributed by atoms with E-state index in [1.54, 1.807) is 0 Å². The Morgan fingerprint density at radius 1 is 0.417 bits per heavy atom. The Kier molecular flexibility index (Phi) is 49.5. The van der Waals surface area contributed by atoms with Crippen molar-refractivity contribution < 1.29 is 20.1 Å². The van der Waals surface area contributed by atoms with E-state index in [9.17, 15) is 20.1 Å². The molecule has 60 heavy (non-hydrogen) atoms. The van der Waals surface area contributed by atoms with Gasteiger partial charge in [-0.15, -0.1) is 0 Å². The van der Waals surface area contributed by atoms with Crippen LogP contribution in [-0.2, 0) is 4.79 Å². The van der Waals surface area contributed by atoms with Gasteiger partial charge in [0.1, 0.15) is 0 Å². The predicted molar refractivity (Wildman–Crippen MR) is 264 cm³/mol. The van der Waals surface area contributed by atoms with Crippen molar-refractivity contribution in [3.63, 3.8) is 0 Å². The van der Waals surface area contributed by atoms with Gasteiger partial charge in [-0.25, -0.2) is 0 Å². The van der Waals surface area contributed by atoms with Crippen LogP contribution in [0.5, 0.6) is 0 Å². The fourth-order valence-corrected chi connectivity index (χ4v) is 8.61.